The van der Waals surface area contributed by atoms with Crippen LogP contribution in [0.15, 0.2) is 24.3 Å². The zero-order chi connectivity index (χ0) is 15.7. The molecule has 118 valence electrons. The first kappa shape index (κ1) is 14.8. The van der Waals surface area contributed by atoms with Gasteiger partial charge in [0.05, 0.1) is 10.5 Å². The first-order chi connectivity index (χ1) is 10.5. The van der Waals surface area contributed by atoms with Crippen LogP contribution in [0.4, 0.5) is 11.4 Å². The molecule has 0 atom stereocenters. The summed E-state index contributed by atoms with van der Waals surface area (Å²) in [5.74, 6) is 0.0532. The van der Waals surface area contributed by atoms with Gasteiger partial charge in [0.25, 0.3) is 5.69 Å². The first-order valence-corrected chi connectivity index (χ1v) is 7.57. The lowest BCUT2D eigenvalue weighted by Crippen LogP contribution is -2.62. The van der Waals surface area contributed by atoms with Gasteiger partial charge in [-0.15, -0.1) is 0 Å². The smallest absolute Gasteiger partial charge is 0.271 e. The normalized spacial score (nSPS) is 20.4. The fraction of sp³-hybridized carbons (Fsp3) is 0.533. The number of hydrogen-bond acceptors (Lipinski definition) is 5. The lowest BCUT2D eigenvalue weighted by atomic mass is 9.76. The van der Waals surface area contributed by atoms with E-state index in [1.165, 1.54) is 6.07 Å². The summed E-state index contributed by atoms with van der Waals surface area (Å²) in [5, 5.41) is 10.8. The number of nitro benzene ring substituents is 1. The van der Waals surface area contributed by atoms with E-state index in [4.69, 9.17) is 5.73 Å². The van der Waals surface area contributed by atoms with E-state index in [9.17, 15) is 14.9 Å². The molecule has 1 saturated carbocycles. The van der Waals surface area contributed by atoms with Crippen LogP contribution in [-0.4, -0.2) is 47.4 Å². The molecule has 1 saturated heterocycles. The quantitative estimate of drug-likeness (QED) is 0.667. The van der Waals surface area contributed by atoms with Crippen molar-refractivity contribution in [2.45, 2.75) is 24.8 Å². The fourth-order valence-electron chi connectivity index (χ4n) is 3.06. The van der Waals surface area contributed by atoms with Gasteiger partial charge in [-0.05, 0) is 25.3 Å². The summed E-state index contributed by atoms with van der Waals surface area (Å²) in [6.45, 7) is 2.56. The van der Waals surface area contributed by atoms with E-state index >= 15 is 0 Å². The summed E-state index contributed by atoms with van der Waals surface area (Å²) in [6, 6.07) is 6.61. The van der Waals surface area contributed by atoms with E-state index in [1.807, 2.05) is 11.0 Å². The Bertz CT molecular complexity index is 592. The number of benzene rings is 1. The summed E-state index contributed by atoms with van der Waals surface area (Å²) in [6.07, 6.45) is 2.57. The maximum Gasteiger partial charge on any atom is 0.271 e. The van der Waals surface area contributed by atoms with Crippen molar-refractivity contribution < 1.29 is 9.72 Å². The molecule has 0 radical (unpaired) electrons. The molecule has 1 aliphatic heterocycles. The molecule has 3 rings (SSSR count). The van der Waals surface area contributed by atoms with E-state index in [0.717, 1.165) is 24.9 Å². The van der Waals surface area contributed by atoms with Crippen LogP contribution in [0.3, 0.4) is 0 Å². The van der Waals surface area contributed by atoms with Gasteiger partial charge in [0.1, 0.15) is 0 Å². The first-order valence-electron chi connectivity index (χ1n) is 7.57. The number of amides is 1. The summed E-state index contributed by atoms with van der Waals surface area (Å²) in [4.78, 5) is 26.7. The third-order valence-electron chi connectivity index (χ3n) is 4.64. The van der Waals surface area contributed by atoms with E-state index in [-0.39, 0.29) is 11.6 Å². The third-order valence-corrected chi connectivity index (χ3v) is 4.64. The number of rotatable bonds is 3. The van der Waals surface area contributed by atoms with Crippen molar-refractivity contribution in [2.24, 2.45) is 5.73 Å². The standard InChI is InChI=1S/C15H20N4O3/c16-15(5-2-6-15)14(20)18-9-7-17(8-10-18)12-3-1-4-13(11-12)19(21)22/h1,3-4,11H,2,5-10,16H2. The topological polar surface area (TPSA) is 92.7 Å². The second kappa shape index (κ2) is 5.57. The number of nitrogens with zero attached hydrogens (tertiary/aromatic N) is 3. The average molecular weight is 304 g/mol. The SMILES string of the molecule is NC1(C(=O)N2CCN(c3cccc([N+](=O)[O-])c3)CC2)CCC1. The van der Waals surface area contributed by atoms with Gasteiger partial charge < -0.3 is 15.5 Å². The van der Waals surface area contributed by atoms with E-state index < -0.39 is 10.5 Å². The maximum atomic E-state index is 12.4. The predicted octanol–water partition coefficient (Wildman–Crippen LogP) is 1.12. The van der Waals surface area contributed by atoms with Crippen LogP contribution in [0.25, 0.3) is 0 Å². The Labute approximate surface area is 128 Å². The highest BCUT2D eigenvalue weighted by molar-refractivity contribution is 5.87. The molecular weight excluding hydrogens is 284 g/mol. The second-order valence-corrected chi connectivity index (χ2v) is 6.07. The van der Waals surface area contributed by atoms with E-state index in [0.29, 0.717) is 26.2 Å². The Kier molecular flexibility index (Phi) is 3.74. The monoisotopic (exact) mass is 304 g/mol. The molecule has 2 fully saturated rings. The number of nitrogens with two attached hydrogens (primary N) is 1. The Balaban J connectivity index is 1.63. The Morgan fingerprint density at radius 3 is 2.45 bits per heavy atom. The molecule has 0 unspecified atom stereocenters. The minimum Gasteiger partial charge on any atom is -0.368 e. The van der Waals surface area contributed by atoms with Crippen LogP contribution < -0.4 is 10.6 Å². The second-order valence-electron chi connectivity index (χ2n) is 6.07. The van der Waals surface area contributed by atoms with Crippen LogP contribution in [0.1, 0.15) is 19.3 Å². The van der Waals surface area contributed by atoms with Crippen molar-refractivity contribution in [1.29, 1.82) is 0 Å². The summed E-state index contributed by atoms with van der Waals surface area (Å²) in [7, 11) is 0. The maximum absolute atomic E-state index is 12.4. The van der Waals surface area contributed by atoms with Crippen molar-refractivity contribution in [3.8, 4) is 0 Å². The number of piperazine rings is 1. The molecule has 1 aliphatic carbocycles. The summed E-state index contributed by atoms with van der Waals surface area (Å²) < 4.78 is 0. The highest BCUT2D eigenvalue weighted by Crippen LogP contribution is 2.31. The van der Waals surface area contributed by atoms with Gasteiger partial charge in [0.2, 0.25) is 5.91 Å². The fourth-order valence-corrected chi connectivity index (χ4v) is 3.06. The van der Waals surface area contributed by atoms with Crippen LogP contribution in [-0.2, 0) is 4.79 Å². The lowest BCUT2D eigenvalue weighted by Gasteiger charge is -2.43. The lowest BCUT2D eigenvalue weighted by molar-refractivity contribution is -0.384. The highest BCUT2D eigenvalue weighted by Gasteiger charge is 2.43. The summed E-state index contributed by atoms with van der Waals surface area (Å²) in [5.41, 5.74) is 6.37. The van der Waals surface area contributed by atoms with Crippen molar-refractivity contribution in [1.82, 2.24) is 4.90 Å². The molecule has 1 amide bonds. The Morgan fingerprint density at radius 1 is 1.23 bits per heavy atom. The third kappa shape index (κ3) is 2.64. The molecule has 2 N–H and O–H groups in total. The molecule has 1 aromatic carbocycles. The largest absolute Gasteiger partial charge is 0.368 e. The zero-order valence-corrected chi connectivity index (χ0v) is 12.4. The average Bonchev–Trinajstić information content (AvgIpc) is 2.52. The predicted molar refractivity (Wildman–Crippen MR) is 82.7 cm³/mol. The Hall–Kier alpha value is -2.15. The van der Waals surface area contributed by atoms with E-state index in [2.05, 4.69) is 4.90 Å². The van der Waals surface area contributed by atoms with E-state index in [1.54, 1.807) is 12.1 Å². The molecule has 0 spiro atoms. The molecule has 0 aromatic heterocycles. The molecule has 0 bridgehead atoms. The molecule has 1 aromatic rings. The molecule has 7 heteroatoms. The number of non-ortho nitro benzene ring substituents is 1. The van der Waals surface area contributed by atoms with Crippen LogP contribution >= 0.6 is 0 Å². The van der Waals surface area contributed by atoms with Crippen LogP contribution in [0.5, 0.6) is 0 Å². The van der Waals surface area contributed by atoms with Gasteiger partial charge in [-0.25, -0.2) is 0 Å². The van der Waals surface area contributed by atoms with Crippen LogP contribution in [0, 0.1) is 10.1 Å². The summed E-state index contributed by atoms with van der Waals surface area (Å²) >= 11 is 0. The van der Waals surface area contributed by atoms with Crippen molar-refractivity contribution in [3.63, 3.8) is 0 Å². The highest BCUT2D eigenvalue weighted by atomic mass is 16.6. The minimum atomic E-state index is -0.645. The van der Waals surface area contributed by atoms with Gasteiger partial charge in [-0.3, -0.25) is 14.9 Å². The van der Waals surface area contributed by atoms with Gasteiger partial charge in [0.15, 0.2) is 0 Å². The molecule has 7 nitrogen and oxygen atoms in total. The number of anilines is 1. The van der Waals surface area contributed by atoms with Gasteiger partial charge >= 0.3 is 0 Å². The van der Waals surface area contributed by atoms with Crippen LogP contribution in [0.2, 0.25) is 0 Å². The van der Waals surface area contributed by atoms with Gasteiger partial charge in [0, 0.05) is 44.0 Å². The molecule has 2 aliphatic rings. The van der Waals surface area contributed by atoms with Crippen molar-refractivity contribution in [2.75, 3.05) is 31.1 Å². The van der Waals surface area contributed by atoms with Crippen molar-refractivity contribution >= 4 is 17.3 Å². The molecule has 1 heterocycles. The number of hydrogen-bond donors (Lipinski definition) is 1. The zero-order valence-electron chi connectivity index (χ0n) is 12.4. The number of nitro groups is 1. The van der Waals surface area contributed by atoms with Crippen molar-refractivity contribution in [3.05, 3.63) is 34.4 Å². The number of carbonyl (C=O) groups is 1. The minimum absolute atomic E-state index is 0.0532. The molecular formula is C15H20N4O3. The molecule has 22 heavy (non-hydrogen) atoms. The van der Waals surface area contributed by atoms with Gasteiger partial charge in [-0.2, -0.15) is 0 Å². The Morgan fingerprint density at radius 2 is 1.91 bits per heavy atom. The number of carbonyl (C=O) groups excluding carboxylic acids is 1. The van der Waals surface area contributed by atoms with Gasteiger partial charge in [-0.1, -0.05) is 6.07 Å².